The number of fused-ring (bicyclic) bond motifs is 1. The van der Waals surface area contributed by atoms with Gasteiger partial charge in [-0.05, 0) is 30.9 Å². The number of anilines is 2. The topological polar surface area (TPSA) is 160 Å². The number of carboxylic acids is 1. The van der Waals surface area contributed by atoms with Gasteiger partial charge in [-0.3, -0.25) is 14.4 Å². The van der Waals surface area contributed by atoms with Gasteiger partial charge in [0, 0.05) is 11.5 Å². The Kier molecular flexibility index (Phi) is 5.95. The average Bonchev–Trinajstić information content (AvgIpc) is 3.61. The van der Waals surface area contributed by atoms with Crippen LogP contribution in [0.5, 0.6) is 5.75 Å². The van der Waals surface area contributed by atoms with Crippen molar-refractivity contribution in [1.82, 2.24) is 9.78 Å². The van der Waals surface area contributed by atoms with Crippen molar-refractivity contribution < 1.29 is 19.4 Å². The van der Waals surface area contributed by atoms with E-state index in [0.29, 0.717) is 23.7 Å². The number of carbonyl (C=O) groups is 2. The maximum atomic E-state index is 12.8. The molecule has 1 aromatic heterocycles. The highest BCUT2D eigenvalue weighted by atomic mass is 16.5. The number of hydrogen-bond acceptors (Lipinski definition) is 7. The summed E-state index contributed by atoms with van der Waals surface area (Å²) in [4.78, 5) is 36.4. The second kappa shape index (κ2) is 9.00. The highest BCUT2D eigenvalue weighted by Crippen LogP contribution is 2.33. The number of aromatic nitrogens is 2. The zero-order valence-electron chi connectivity index (χ0n) is 17.6. The Bertz CT molecular complexity index is 1350. The maximum absolute atomic E-state index is 12.8. The summed E-state index contributed by atoms with van der Waals surface area (Å²) in [7, 11) is 0. The van der Waals surface area contributed by atoms with Crippen molar-refractivity contribution in [3.63, 3.8) is 0 Å². The minimum Gasteiger partial charge on any atom is -0.492 e. The van der Waals surface area contributed by atoms with Gasteiger partial charge in [-0.2, -0.15) is 10.4 Å². The Labute approximate surface area is 188 Å². The molecule has 10 heteroatoms. The zero-order chi connectivity index (χ0) is 23.5. The van der Waals surface area contributed by atoms with Gasteiger partial charge in [0.25, 0.3) is 5.56 Å². The van der Waals surface area contributed by atoms with Crippen LogP contribution in [0.4, 0.5) is 11.4 Å². The van der Waals surface area contributed by atoms with Crippen molar-refractivity contribution in [2.24, 2.45) is 5.92 Å². The molecule has 10 nitrogen and oxygen atoms in total. The van der Waals surface area contributed by atoms with Crippen LogP contribution in [-0.4, -0.2) is 33.4 Å². The highest BCUT2D eigenvalue weighted by molar-refractivity contribution is 5.97. The fourth-order valence-electron chi connectivity index (χ4n) is 3.42. The van der Waals surface area contributed by atoms with Crippen LogP contribution in [0.2, 0.25) is 0 Å². The minimum atomic E-state index is -1.23. The van der Waals surface area contributed by atoms with E-state index in [1.165, 1.54) is 12.1 Å². The summed E-state index contributed by atoms with van der Waals surface area (Å²) < 4.78 is 6.51. The zero-order valence-corrected chi connectivity index (χ0v) is 17.6. The normalized spacial score (nSPS) is 12.8. The first-order valence-electron chi connectivity index (χ1n) is 10.3. The summed E-state index contributed by atoms with van der Waals surface area (Å²) in [6.45, 7) is -0.107. The molecule has 1 aliphatic rings. The fourth-order valence-corrected chi connectivity index (χ4v) is 3.42. The van der Waals surface area contributed by atoms with Crippen molar-refractivity contribution >= 4 is 34.0 Å². The largest absolute Gasteiger partial charge is 0.492 e. The van der Waals surface area contributed by atoms with Gasteiger partial charge in [0.15, 0.2) is 0 Å². The second-order valence-electron chi connectivity index (χ2n) is 7.88. The predicted octanol–water partition coefficient (Wildman–Crippen LogP) is 1.90. The van der Waals surface area contributed by atoms with E-state index in [4.69, 9.17) is 15.6 Å². The second-order valence-corrected chi connectivity index (χ2v) is 7.88. The summed E-state index contributed by atoms with van der Waals surface area (Å²) in [6.07, 6.45) is 1.98. The van der Waals surface area contributed by atoms with Crippen LogP contribution >= 0.6 is 0 Å². The van der Waals surface area contributed by atoms with E-state index in [0.717, 1.165) is 17.5 Å². The summed E-state index contributed by atoms with van der Waals surface area (Å²) >= 11 is 0. The molecule has 1 amide bonds. The minimum absolute atomic E-state index is 0.234. The summed E-state index contributed by atoms with van der Waals surface area (Å²) in [5.41, 5.74) is 6.49. The maximum Gasteiger partial charge on any atom is 0.325 e. The smallest absolute Gasteiger partial charge is 0.325 e. The first kappa shape index (κ1) is 21.8. The van der Waals surface area contributed by atoms with Crippen LogP contribution in [-0.2, 0) is 22.6 Å². The van der Waals surface area contributed by atoms with Crippen molar-refractivity contribution in [1.29, 1.82) is 5.26 Å². The molecular weight excluding hydrogens is 426 g/mol. The Morgan fingerprint density at radius 3 is 2.67 bits per heavy atom. The van der Waals surface area contributed by atoms with E-state index in [1.54, 1.807) is 24.3 Å². The molecular formula is C23H21N5O5. The predicted molar refractivity (Wildman–Crippen MR) is 120 cm³/mol. The molecule has 0 aliphatic heterocycles. The molecule has 0 atom stereocenters. The molecule has 168 valence electrons. The van der Waals surface area contributed by atoms with E-state index in [2.05, 4.69) is 10.4 Å². The number of nitriles is 1. The quantitative estimate of drug-likeness (QED) is 0.441. The molecule has 0 spiro atoms. The van der Waals surface area contributed by atoms with Crippen LogP contribution in [0, 0.1) is 17.2 Å². The van der Waals surface area contributed by atoms with Gasteiger partial charge in [-0.1, -0.05) is 18.2 Å². The van der Waals surface area contributed by atoms with E-state index < -0.39 is 24.0 Å². The van der Waals surface area contributed by atoms with Crippen LogP contribution in [0.25, 0.3) is 10.8 Å². The van der Waals surface area contributed by atoms with Crippen LogP contribution in [0.3, 0.4) is 0 Å². The van der Waals surface area contributed by atoms with Crippen molar-refractivity contribution in [2.75, 3.05) is 17.7 Å². The third kappa shape index (κ3) is 4.93. The Balaban J connectivity index is 1.59. The number of nitrogens with one attached hydrogen (secondary N) is 1. The molecule has 1 fully saturated rings. The summed E-state index contributed by atoms with van der Waals surface area (Å²) in [5.74, 6) is -0.844. The Morgan fingerprint density at radius 1 is 1.27 bits per heavy atom. The molecule has 2 aromatic carbocycles. The highest BCUT2D eigenvalue weighted by Gasteiger charge is 2.23. The number of aliphatic carboxylic acids is 1. The third-order valence-corrected chi connectivity index (χ3v) is 5.27. The molecule has 1 aliphatic carbocycles. The van der Waals surface area contributed by atoms with E-state index in [9.17, 15) is 19.6 Å². The van der Waals surface area contributed by atoms with Crippen LogP contribution < -0.4 is 21.3 Å². The summed E-state index contributed by atoms with van der Waals surface area (Å²) in [6, 6.07) is 11.6. The third-order valence-electron chi connectivity index (χ3n) is 5.27. The molecule has 3 aromatic rings. The molecule has 0 radical (unpaired) electrons. The first-order chi connectivity index (χ1) is 15.9. The molecule has 33 heavy (non-hydrogen) atoms. The van der Waals surface area contributed by atoms with Gasteiger partial charge in [0.1, 0.15) is 18.4 Å². The molecule has 1 saturated carbocycles. The Hall–Kier alpha value is -4.39. The number of ether oxygens (including phenoxy) is 1. The number of carbonyl (C=O) groups excluding carboxylic acids is 1. The van der Waals surface area contributed by atoms with Gasteiger partial charge in [-0.15, -0.1) is 0 Å². The van der Waals surface area contributed by atoms with Gasteiger partial charge >= 0.3 is 5.97 Å². The first-order valence-corrected chi connectivity index (χ1v) is 10.3. The van der Waals surface area contributed by atoms with Crippen molar-refractivity contribution in [3.8, 4) is 11.8 Å². The molecule has 1 heterocycles. The number of nitrogens with zero attached hydrogens (tertiary/aromatic N) is 3. The fraction of sp³-hybridized carbons (Fsp3) is 0.261. The lowest BCUT2D eigenvalue weighted by Crippen LogP contribution is -2.29. The number of nitrogen functional groups attached to an aromatic ring is 1. The monoisotopic (exact) mass is 447 g/mol. The number of amides is 1. The van der Waals surface area contributed by atoms with Gasteiger partial charge in [0.05, 0.1) is 41.0 Å². The number of carboxylic acid groups (broad SMARTS) is 1. The van der Waals surface area contributed by atoms with E-state index >= 15 is 0 Å². The van der Waals surface area contributed by atoms with E-state index in [-0.39, 0.29) is 34.4 Å². The number of benzene rings is 2. The van der Waals surface area contributed by atoms with Gasteiger partial charge < -0.3 is 20.9 Å². The van der Waals surface area contributed by atoms with Crippen LogP contribution in [0.15, 0.2) is 41.2 Å². The van der Waals surface area contributed by atoms with Crippen molar-refractivity contribution in [3.05, 3.63) is 58.0 Å². The van der Waals surface area contributed by atoms with Crippen molar-refractivity contribution in [2.45, 2.75) is 25.8 Å². The standard InChI is InChI=1S/C23H21N5O5/c24-10-14-7-19(17(25)8-20(14)33-12-13-5-6-13)26-21(29)9-18-15-3-1-2-4-16(15)23(32)28(27-18)11-22(30)31/h1-4,7-8,13H,5-6,9,11-12,25H2,(H,26,29)(H,30,31). The van der Waals surface area contributed by atoms with Crippen LogP contribution in [0.1, 0.15) is 24.1 Å². The van der Waals surface area contributed by atoms with Gasteiger partial charge in [0.2, 0.25) is 5.91 Å². The molecule has 0 bridgehead atoms. The molecule has 0 unspecified atom stereocenters. The molecule has 0 saturated heterocycles. The Morgan fingerprint density at radius 2 is 2.00 bits per heavy atom. The summed E-state index contributed by atoms with van der Waals surface area (Å²) in [5, 5.41) is 26.0. The van der Waals surface area contributed by atoms with Gasteiger partial charge in [-0.25, -0.2) is 4.68 Å². The number of hydrogen-bond donors (Lipinski definition) is 3. The average molecular weight is 447 g/mol. The molecule has 4 rings (SSSR count). The lowest BCUT2D eigenvalue weighted by molar-refractivity contribution is -0.138. The lowest BCUT2D eigenvalue weighted by Gasteiger charge is -2.13. The lowest BCUT2D eigenvalue weighted by atomic mass is 10.1. The number of nitrogens with two attached hydrogens (primary N) is 1. The van der Waals surface area contributed by atoms with E-state index in [1.807, 2.05) is 6.07 Å². The molecule has 4 N–H and O–H groups in total. The SMILES string of the molecule is N#Cc1cc(NC(=O)Cc2nn(CC(=O)O)c(=O)c3ccccc23)c(N)cc1OCC1CC1. The number of rotatable bonds is 8.